The van der Waals surface area contributed by atoms with Crippen LogP contribution in [0.2, 0.25) is 0 Å². The highest BCUT2D eigenvalue weighted by molar-refractivity contribution is 7.15. The van der Waals surface area contributed by atoms with Gasteiger partial charge >= 0.3 is 0 Å². The molecule has 0 spiro atoms. The highest BCUT2D eigenvalue weighted by Crippen LogP contribution is 2.31. The summed E-state index contributed by atoms with van der Waals surface area (Å²) in [5.74, 6) is 0. The molecule has 21 heavy (non-hydrogen) atoms. The third-order valence-corrected chi connectivity index (χ3v) is 5.97. The SMILES string of the molecule is COCCNCc1sc(N2CCc3sccc3C2)nc1C. The molecule has 0 saturated carbocycles. The van der Waals surface area contributed by atoms with Gasteiger partial charge in [-0.25, -0.2) is 4.98 Å². The standard InChI is InChI=1S/C15H21N3OS2/c1-11-14(9-16-5-7-19-2)21-15(17-11)18-6-3-13-12(10-18)4-8-20-13/h4,8,16H,3,5-7,9-10H2,1-2H3. The average molecular weight is 323 g/mol. The van der Waals surface area contributed by atoms with Crippen LogP contribution in [0.3, 0.4) is 0 Å². The number of methoxy groups -OCH3 is 1. The van der Waals surface area contributed by atoms with Gasteiger partial charge in [-0.15, -0.1) is 22.7 Å². The van der Waals surface area contributed by atoms with Gasteiger partial charge in [-0.05, 0) is 30.4 Å². The predicted octanol–water partition coefficient (Wildman–Crippen LogP) is 2.81. The maximum absolute atomic E-state index is 5.05. The topological polar surface area (TPSA) is 37.4 Å². The molecule has 3 rings (SSSR count). The van der Waals surface area contributed by atoms with E-state index in [-0.39, 0.29) is 0 Å². The summed E-state index contributed by atoms with van der Waals surface area (Å²) in [5, 5.41) is 6.76. The highest BCUT2D eigenvalue weighted by atomic mass is 32.1. The van der Waals surface area contributed by atoms with Crippen molar-refractivity contribution in [3.63, 3.8) is 0 Å². The summed E-state index contributed by atoms with van der Waals surface area (Å²) >= 11 is 3.70. The van der Waals surface area contributed by atoms with E-state index in [2.05, 4.69) is 28.6 Å². The Morgan fingerprint density at radius 2 is 2.38 bits per heavy atom. The lowest BCUT2D eigenvalue weighted by atomic mass is 10.1. The van der Waals surface area contributed by atoms with Crippen molar-refractivity contribution < 1.29 is 4.74 Å². The minimum absolute atomic E-state index is 0.748. The fourth-order valence-corrected chi connectivity index (χ4v) is 4.44. The zero-order valence-electron chi connectivity index (χ0n) is 12.5. The van der Waals surface area contributed by atoms with Crippen molar-refractivity contribution in [3.8, 4) is 0 Å². The molecule has 3 heterocycles. The lowest BCUT2D eigenvalue weighted by Gasteiger charge is -2.26. The summed E-state index contributed by atoms with van der Waals surface area (Å²) < 4.78 is 5.05. The molecule has 0 radical (unpaired) electrons. The van der Waals surface area contributed by atoms with Crippen LogP contribution in [-0.2, 0) is 24.2 Å². The summed E-state index contributed by atoms with van der Waals surface area (Å²) in [6, 6.07) is 2.25. The second-order valence-corrected chi connectivity index (χ2v) is 7.28. The van der Waals surface area contributed by atoms with Crippen LogP contribution in [0.25, 0.3) is 0 Å². The maximum atomic E-state index is 5.05. The molecule has 0 bridgehead atoms. The van der Waals surface area contributed by atoms with E-state index < -0.39 is 0 Å². The number of hydrogen-bond acceptors (Lipinski definition) is 6. The monoisotopic (exact) mass is 323 g/mol. The molecule has 1 aliphatic rings. The average Bonchev–Trinajstić information content (AvgIpc) is 3.09. The number of ether oxygens (including phenoxy) is 1. The van der Waals surface area contributed by atoms with Crippen LogP contribution in [0.4, 0.5) is 5.13 Å². The van der Waals surface area contributed by atoms with Gasteiger partial charge in [-0.3, -0.25) is 0 Å². The third-order valence-electron chi connectivity index (χ3n) is 3.73. The first-order chi connectivity index (χ1) is 10.3. The third kappa shape index (κ3) is 3.45. The van der Waals surface area contributed by atoms with Crippen molar-refractivity contribution in [2.75, 3.05) is 31.7 Å². The van der Waals surface area contributed by atoms with Crippen LogP contribution in [-0.4, -0.2) is 31.8 Å². The number of anilines is 1. The van der Waals surface area contributed by atoms with E-state index >= 15 is 0 Å². The summed E-state index contributed by atoms with van der Waals surface area (Å²) in [6.07, 6.45) is 1.15. The van der Waals surface area contributed by atoms with Gasteiger partial charge in [0.25, 0.3) is 0 Å². The van der Waals surface area contributed by atoms with Gasteiger partial charge in [0.2, 0.25) is 0 Å². The number of thiophene rings is 1. The van der Waals surface area contributed by atoms with E-state index in [1.807, 2.05) is 22.7 Å². The van der Waals surface area contributed by atoms with E-state index in [4.69, 9.17) is 9.72 Å². The van der Waals surface area contributed by atoms with E-state index in [0.29, 0.717) is 0 Å². The second kappa shape index (κ2) is 6.87. The first-order valence-corrected chi connectivity index (χ1v) is 8.93. The van der Waals surface area contributed by atoms with Crippen LogP contribution in [0.15, 0.2) is 11.4 Å². The Bertz CT molecular complexity index is 594. The molecule has 0 aromatic carbocycles. The van der Waals surface area contributed by atoms with Crippen molar-refractivity contribution in [2.24, 2.45) is 0 Å². The van der Waals surface area contributed by atoms with Gasteiger partial charge in [-0.1, -0.05) is 0 Å². The molecule has 2 aromatic rings. The largest absolute Gasteiger partial charge is 0.383 e. The Morgan fingerprint density at radius 3 is 3.24 bits per heavy atom. The molecule has 0 amide bonds. The normalized spacial score (nSPS) is 14.5. The van der Waals surface area contributed by atoms with Gasteiger partial charge in [0.05, 0.1) is 12.3 Å². The van der Waals surface area contributed by atoms with E-state index in [9.17, 15) is 0 Å². The molecule has 1 N–H and O–H groups in total. The van der Waals surface area contributed by atoms with Crippen molar-refractivity contribution >= 4 is 27.8 Å². The molecule has 114 valence electrons. The van der Waals surface area contributed by atoms with Crippen molar-refractivity contribution in [2.45, 2.75) is 26.4 Å². The molecule has 4 nitrogen and oxygen atoms in total. The van der Waals surface area contributed by atoms with Gasteiger partial charge < -0.3 is 15.0 Å². The van der Waals surface area contributed by atoms with Crippen LogP contribution in [0.5, 0.6) is 0 Å². The first-order valence-electron chi connectivity index (χ1n) is 7.24. The smallest absolute Gasteiger partial charge is 0.186 e. The van der Waals surface area contributed by atoms with Gasteiger partial charge in [0.15, 0.2) is 5.13 Å². The predicted molar refractivity (Wildman–Crippen MR) is 89.5 cm³/mol. The molecule has 1 aliphatic heterocycles. The van der Waals surface area contributed by atoms with E-state index in [0.717, 1.165) is 50.0 Å². The minimum Gasteiger partial charge on any atom is -0.383 e. The molecule has 0 aliphatic carbocycles. The van der Waals surface area contributed by atoms with E-state index in [1.54, 1.807) is 12.0 Å². The number of aryl methyl sites for hydroxylation is 1. The molecule has 0 atom stereocenters. The zero-order chi connectivity index (χ0) is 14.7. The molecule has 0 saturated heterocycles. The van der Waals surface area contributed by atoms with E-state index in [1.165, 1.54) is 10.4 Å². The van der Waals surface area contributed by atoms with Gasteiger partial charge in [0, 0.05) is 43.0 Å². The lowest BCUT2D eigenvalue weighted by Crippen LogP contribution is -2.29. The number of rotatable bonds is 6. The second-order valence-electron chi connectivity index (χ2n) is 5.22. The summed E-state index contributed by atoms with van der Waals surface area (Å²) in [5.41, 5.74) is 2.62. The Labute approximate surface area is 133 Å². The Morgan fingerprint density at radius 1 is 1.48 bits per heavy atom. The fourth-order valence-electron chi connectivity index (χ4n) is 2.50. The quantitative estimate of drug-likeness (QED) is 0.830. The summed E-state index contributed by atoms with van der Waals surface area (Å²) in [7, 11) is 1.73. The van der Waals surface area contributed by atoms with Crippen LogP contribution in [0.1, 0.15) is 21.0 Å². The Balaban J connectivity index is 1.64. The van der Waals surface area contributed by atoms with Crippen LogP contribution >= 0.6 is 22.7 Å². The minimum atomic E-state index is 0.748. The van der Waals surface area contributed by atoms with Crippen molar-refractivity contribution in [1.29, 1.82) is 0 Å². The van der Waals surface area contributed by atoms with Crippen LogP contribution in [0, 0.1) is 6.92 Å². The maximum Gasteiger partial charge on any atom is 0.186 e. The molecular formula is C15H21N3OS2. The first kappa shape index (κ1) is 15.0. The number of thiazole rings is 1. The molecule has 2 aromatic heterocycles. The molecule has 0 unspecified atom stereocenters. The lowest BCUT2D eigenvalue weighted by molar-refractivity contribution is 0.199. The number of fused-ring (bicyclic) bond motifs is 1. The Kier molecular flexibility index (Phi) is 4.90. The summed E-state index contributed by atoms with van der Waals surface area (Å²) in [4.78, 5) is 10.0. The fraction of sp³-hybridized carbons (Fsp3) is 0.533. The van der Waals surface area contributed by atoms with Crippen molar-refractivity contribution in [1.82, 2.24) is 10.3 Å². The molecule has 0 fully saturated rings. The number of aromatic nitrogens is 1. The molecular weight excluding hydrogens is 302 g/mol. The number of nitrogens with zero attached hydrogens (tertiary/aromatic N) is 2. The van der Waals surface area contributed by atoms with Gasteiger partial charge in [-0.2, -0.15) is 0 Å². The summed E-state index contributed by atoms with van der Waals surface area (Å²) in [6.45, 7) is 6.69. The molecule has 6 heteroatoms. The number of nitrogens with one attached hydrogen (secondary N) is 1. The van der Waals surface area contributed by atoms with Crippen molar-refractivity contribution in [3.05, 3.63) is 32.5 Å². The van der Waals surface area contributed by atoms with Gasteiger partial charge in [0.1, 0.15) is 0 Å². The van der Waals surface area contributed by atoms with Crippen LogP contribution < -0.4 is 10.2 Å². The number of hydrogen-bond donors (Lipinski definition) is 1. The zero-order valence-corrected chi connectivity index (χ0v) is 14.1. The Hall–Kier alpha value is -0.950. The highest BCUT2D eigenvalue weighted by Gasteiger charge is 2.20.